The average Bonchev–Trinajstić information content (AvgIpc) is 2.15. The third-order valence-electron chi connectivity index (χ3n) is 2.19. The van der Waals surface area contributed by atoms with Crippen molar-refractivity contribution >= 4 is 24.5 Å². The molecular formula is C11H17ClNSi. The number of halogens is 1. The van der Waals surface area contributed by atoms with Crippen LogP contribution in [0.2, 0.25) is 0 Å². The number of nitrogens with one attached hydrogen (secondary N) is 1. The van der Waals surface area contributed by atoms with Crippen molar-refractivity contribution in [2.45, 2.75) is 26.2 Å². The Kier molecular flexibility index (Phi) is 3.76. The van der Waals surface area contributed by atoms with Crippen LogP contribution in [-0.2, 0) is 5.41 Å². The predicted molar refractivity (Wildman–Crippen MR) is 65.4 cm³/mol. The van der Waals surface area contributed by atoms with Gasteiger partial charge >= 0.3 is 0 Å². The van der Waals surface area contributed by atoms with Gasteiger partial charge in [0.1, 0.15) is 0 Å². The average molecular weight is 227 g/mol. The molecule has 0 aromatic heterocycles. The van der Waals surface area contributed by atoms with Gasteiger partial charge in [-0.05, 0) is 23.2 Å². The van der Waals surface area contributed by atoms with E-state index in [1.165, 1.54) is 10.8 Å². The number of hydrogen-bond acceptors (Lipinski definition) is 1. The summed E-state index contributed by atoms with van der Waals surface area (Å²) in [5, 5.41) is 1.27. The van der Waals surface area contributed by atoms with E-state index in [9.17, 15) is 0 Å². The molecule has 0 unspecified atom stereocenters. The molecule has 0 bridgehead atoms. The SMILES string of the molecule is CN[Si](Cl)c1ccccc1C(C)(C)C. The van der Waals surface area contributed by atoms with E-state index < -0.39 is 8.27 Å². The molecule has 1 aromatic carbocycles. The molecule has 1 radical (unpaired) electrons. The predicted octanol–water partition coefficient (Wildman–Crippen LogP) is 2.14. The van der Waals surface area contributed by atoms with Crippen molar-refractivity contribution in [2.24, 2.45) is 0 Å². The Morgan fingerprint density at radius 2 is 1.79 bits per heavy atom. The fraction of sp³-hybridized carbons (Fsp3) is 0.455. The second-order valence-corrected chi connectivity index (χ2v) is 7.16. The lowest BCUT2D eigenvalue weighted by molar-refractivity contribution is 0.594. The highest BCUT2D eigenvalue weighted by Gasteiger charge is 2.21. The molecular weight excluding hydrogens is 210 g/mol. The number of hydrogen-bond donors (Lipinski definition) is 1. The maximum absolute atomic E-state index is 6.29. The van der Waals surface area contributed by atoms with E-state index in [1.54, 1.807) is 0 Å². The largest absolute Gasteiger partial charge is 0.325 e. The summed E-state index contributed by atoms with van der Waals surface area (Å²) in [6, 6.07) is 8.42. The second-order valence-electron chi connectivity index (χ2n) is 4.36. The zero-order valence-electron chi connectivity index (χ0n) is 9.19. The summed E-state index contributed by atoms with van der Waals surface area (Å²) in [6.45, 7) is 6.65. The summed E-state index contributed by atoms with van der Waals surface area (Å²) >= 11 is 6.29. The molecule has 1 nitrogen and oxygen atoms in total. The van der Waals surface area contributed by atoms with E-state index in [4.69, 9.17) is 11.1 Å². The van der Waals surface area contributed by atoms with Crippen LogP contribution in [0.15, 0.2) is 24.3 Å². The van der Waals surface area contributed by atoms with Crippen LogP contribution in [0.5, 0.6) is 0 Å². The monoisotopic (exact) mass is 226 g/mol. The molecule has 0 spiro atoms. The summed E-state index contributed by atoms with van der Waals surface area (Å²) in [7, 11) is 0.821. The smallest absolute Gasteiger partial charge is 0.284 e. The van der Waals surface area contributed by atoms with Gasteiger partial charge in [0, 0.05) is 0 Å². The summed E-state index contributed by atoms with van der Waals surface area (Å²) in [4.78, 5) is 3.16. The van der Waals surface area contributed by atoms with E-state index >= 15 is 0 Å². The van der Waals surface area contributed by atoms with E-state index in [1.807, 2.05) is 7.05 Å². The van der Waals surface area contributed by atoms with Crippen LogP contribution in [0.3, 0.4) is 0 Å². The van der Waals surface area contributed by atoms with E-state index in [2.05, 4.69) is 50.0 Å². The van der Waals surface area contributed by atoms with E-state index in [0.29, 0.717) is 0 Å². The first kappa shape index (κ1) is 11.8. The Morgan fingerprint density at radius 1 is 1.21 bits per heavy atom. The Balaban J connectivity index is 3.16. The first-order valence-corrected chi connectivity index (χ1v) is 7.28. The number of benzene rings is 1. The Morgan fingerprint density at radius 3 is 2.29 bits per heavy atom. The molecule has 0 saturated carbocycles. The van der Waals surface area contributed by atoms with Gasteiger partial charge in [-0.15, -0.1) is 11.1 Å². The molecule has 0 atom stereocenters. The van der Waals surface area contributed by atoms with Gasteiger partial charge in [-0.25, -0.2) is 0 Å². The van der Waals surface area contributed by atoms with Crippen LogP contribution < -0.4 is 10.2 Å². The van der Waals surface area contributed by atoms with Crippen LogP contribution in [0.25, 0.3) is 0 Å². The first-order chi connectivity index (χ1) is 6.46. The Hall–Kier alpha value is -0.313. The molecule has 77 valence electrons. The second kappa shape index (κ2) is 4.47. The summed E-state index contributed by atoms with van der Waals surface area (Å²) in [5.74, 6) is 0. The summed E-state index contributed by atoms with van der Waals surface area (Å²) in [5.41, 5.74) is 1.51. The van der Waals surface area contributed by atoms with Crippen LogP contribution in [-0.4, -0.2) is 15.3 Å². The minimum absolute atomic E-state index is 0.165. The molecule has 1 aromatic rings. The summed E-state index contributed by atoms with van der Waals surface area (Å²) in [6.07, 6.45) is 0. The first-order valence-electron chi connectivity index (χ1n) is 4.77. The Labute approximate surface area is 92.9 Å². The maximum Gasteiger partial charge on any atom is 0.284 e. The van der Waals surface area contributed by atoms with Crippen LogP contribution in [0, 0.1) is 0 Å². The molecule has 0 saturated heterocycles. The standard InChI is InChI=1S/C11H17ClNSi/c1-11(2,3)9-7-5-6-8-10(9)14(12)13-4/h5-8,13H,1-4H3. The minimum atomic E-state index is -1.10. The molecule has 0 amide bonds. The molecule has 14 heavy (non-hydrogen) atoms. The molecule has 0 aliphatic carbocycles. The lowest BCUT2D eigenvalue weighted by atomic mass is 9.87. The van der Waals surface area contributed by atoms with Crippen molar-refractivity contribution in [2.75, 3.05) is 7.05 Å². The highest BCUT2D eigenvalue weighted by Crippen LogP contribution is 2.20. The molecule has 0 aliphatic heterocycles. The molecule has 0 fully saturated rings. The zero-order valence-corrected chi connectivity index (χ0v) is 10.9. The van der Waals surface area contributed by atoms with Crippen molar-refractivity contribution in [1.29, 1.82) is 0 Å². The molecule has 0 aliphatic rings. The lowest BCUT2D eigenvalue weighted by Crippen LogP contribution is -2.42. The lowest BCUT2D eigenvalue weighted by Gasteiger charge is -2.23. The van der Waals surface area contributed by atoms with Crippen molar-refractivity contribution in [3.8, 4) is 0 Å². The zero-order chi connectivity index (χ0) is 10.8. The maximum atomic E-state index is 6.29. The fourth-order valence-electron chi connectivity index (χ4n) is 1.46. The van der Waals surface area contributed by atoms with Gasteiger partial charge in [0.25, 0.3) is 8.27 Å². The summed E-state index contributed by atoms with van der Waals surface area (Å²) < 4.78 is 0. The van der Waals surface area contributed by atoms with Gasteiger partial charge in [-0.2, -0.15) is 0 Å². The van der Waals surface area contributed by atoms with Gasteiger partial charge in [0.05, 0.1) is 0 Å². The van der Waals surface area contributed by atoms with Crippen LogP contribution in [0.4, 0.5) is 0 Å². The van der Waals surface area contributed by atoms with Crippen molar-refractivity contribution < 1.29 is 0 Å². The van der Waals surface area contributed by atoms with Gasteiger partial charge in [0.2, 0.25) is 0 Å². The van der Waals surface area contributed by atoms with Crippen molar-refractivity contribution in [1.82, 2.24) is 4.98 Å². The van der Waals surface area contributed by atoms with E-state index in [-0.39, 0.29) is 5.41 Å². The van der Waals surface area contributed by atoms with Gasteiger partial charge in [-0.3, -0.25) is 0 Å². The van der Waals surface area contributed by atoms with Crippen LogP contribution >= 0.6 is 11.1 Å². The van der Waals surface area contributed by atoms with Gasteiger partial charge in [0.15, 0.2) is 0 Å². The van der Waals surface area contributed by atoms with Crippen molar-refractivity contribution in [3.63, 3.8) is 0 Å². The minimum Gasteiger partial charge on any atom is -0.325 e. The van der Waals surface area contributed by atoms with E-state index in [0.717, 1.165) is 0 Å². The third-order valence-corrected chi connectivity index (χ3v) is 4.72. The quantitative estimate of drug-likeness (QED) is 0.602. The Bertz CT molecular complexity index is 306. The third kappa shape index (κ3) is 2.59. The normalized spacial score (nSPS) is 12.1. The van der Waals surface area contributed by atoms with Gasteiger partial charge < -0.3 is 4.98 Å². The molecule has 1 N–H and O–H groups in total. The fourth-order valence-corrected chi connectivity index (χ4v) is 3.16. The molecule has 0 heterocycles. The highest BCUT2D eigenvalue weighted by molar-refractivity contribution is 7.13. The molecule has 1 rings (SSSR count). The van der Waals surface area contributed by atoms with Crippen molar-refractivity contribution in [3.05, 3.63) is 29.8 Å². The molecule has 3 heteroatoms. The topological polar surface area (TPSA) is 12.0 Å². The van der Waals surface area contributed by atoms with Crippen LogP contribution in [0.1, 0.15) is 26.3 Å². The highest BCUT2D eigenvalue weighted by atomic mass is 35.6. The number of rotatable bonds is 2. The van der Waals surface area contributed by atoms with Gasteiger partial charge in [-0.1, -0.05) is 45.0 Å².